The number of hydrogen-bond acceptors (Lipinski definition) is 2. The SMILES string of the molecule is O=c1[nH]c(O)c(C(Br)Br)[nH]1. The molecule has 1 heterocycles. The maximum absolute atomic E-state index is 10.5. The van der Waals surface area contributed by atoms with Gasteiger partial charge in [-0.3, -0.25) is 4.98 Å². The van der Waals surface area contributed by atoms with E-state index in [1.807, 2.05) is 0 Å². The van der Waals surface area contributed by atoms with Crippen LogP contribution in [0.3, 0.4) is 0 Å². The van der Waals surface area contributed by atoms with Gasteiger partial charge in [-0.1, -0.05) is 31.9 Å². The van der Waals surface area contributed by atoms with Gasteiger partial charge in [0, 0.05) is 0 Å². The van der Waals surface area contributed by atoms with Crippen LogP contribution in [0, 0.1) is 0 Å². The van der Waals surface area contributed by atoms with Gasteiger partial charge in [-0.25, -0.2) is 4.79 Å². The lowest BCUT2D eigenvalue weighted by atomic mass is 10.5. The van der Waals surface area contributed by atoms with Crippen molar-refractivity contribution in [1.82, 2.24) is 9.97 Å². The lowest BCUT2D eigenvalue weighted by Crippen LogP contribution is -2.00. The van der Waals surface area contributed by atoms with Gasteiger partial charge in [-0.15, -0.1) is 0 Å². The van der Waals surface area contributed by atoms with E-state index in [2.05, 4.69) is 41.8 Å². The summed E-state index contributed by atoms with van der Waals surface area (Å²) in [5, 5.41) is 8.95. The van der Waals surface area contributed by atoms with Gasteiger partial charge in [0.05, 0.1) is 0 Å². The molecule has 0 fully saturated rings. The summed E-state index contributed by atoms with van der Waals surface area (Å²) in [5.74, 6) is -0.149. The summed E-state index contributed by atoms with van der Waals surface area (Å²) < 4.78 is -0.237. The molecule has 1 rings (SSSR count). The maximum Gasteiger partial charge on any atom is 0.326 e. The second kappa shape index (κ2) is 2.79. The van der Waals surface area contributed by atoms with E-state index in [1.165, 1.54) is 0 Å². The zero-order chi connectivity index (χ0) is 7.72. The number of hydrogen-bond donors (Lipinski definition) is 3. The molecule has 6 heteroatoms. The summed E-state index contributed by atoms with van der Waals surface area (Å²) in [6.45, 7) is 0. The average molecular weight is 272 g/mol. The van der Waals surface area contributed by atoms with Gasteiger partial charge in [0.2, 0.25) is 5.88 Å². The largest absolute Gasteiger partial charge is 0.493 e. The van der Waals surface area contributed by atoms with Crippen molar-refractivity contribution < 1.29 is 5.11 Å². The number of alkyl halides is 2. The number of imidazole rings is 1. The molecule has 0 atom stereocenters. The van der Waals surface area contributed by atoms with Gasteiger partial charge < -0.3 is 10.1 Å². The summed E-state index contributed by atoms with van der Waals surface area (Å²) in [7, 11) is 0. The molecular formula is C4H4Br2N2O2. The van der Waals surface area contributed by atoms with Crippen molar-refractivity contribution in [3.05, 3.63) is 16.2 Å². The van der Waals surface area contributed by atoms with E-state index in [1.54, 1.807) is 0 Å². The number of aromatic nitrogens is 2. The second-order valence-electron chi connectivity index (χ2n) is 1.64. The number of aromatic amines is 2. The van der Waals surface area contributed by atoms with Crippen LogP contribution in [-0.4, -0.2) is 15.1 Å². The van der Waals surface area contributed by atoms with E-state index in [0.29, 0.717) is 5.69 Å². The monoisotopic (exact) mass is 270 g/mol. The first-order valence-corrected chi connectivity index (χ1v) is 4.23. The Kier molecular flexibility index (Phi) is 2.20. The summed E-state index contributed by atoms with van der Waals surface area (Å²) in [6, 6.07) is 0. The molecule has 0 saturated heterocycles. The lowest BCUT2D eigenvalue weighted by Gasteiger charge is -1.94. The first-order chi connectivity index (χ1) is 4.61. The fourth-order valence-electron chi connectivity index (χ4n) is 0.546. The van der Waals surface area contributed by atoms with E-state index in [9.17, 15) is 4.79 Å². The molecule has 4 nitrogen and oxygen atoms in total. The lowest BCUT2D eigenvalue weighted by molar-refractivity contribution is 0.451. The number of nitrogens with one attached hydrogen (secondary N) is 2. The van der Waals surface area contributed by atoms with E-state index in [4.69, 9.17) is 5.11 Å². The molecule has 1 aromatic heterocycles. The van der Waals surface area contributed by atoms with Gasteiger partial charge in [0.15, 0.2) is 0 Å². The van der Waals surface area contributed by atoms with Gasteiger partial charge in [0.1, 0.15) is 9.43 Å². The zero-order valence-corrected chi connectivity index (χ0v) is 7.86. The van der Waals surface area contributed by atoms with Crippen LogP contribution >= 0.6 is 31.9 Å². The van der Waals surface area contributed by atoms with E-state index < -0.39 is 5.69 Å². The quantitative estimate of drug-likeness (QED) is 0.672. The van der Waals surface area contributed by atoms with Crippen molar-refractivity contribution in [2.45, 2.75) is 3.74 Å². The Balaban J connectivity index is 3.15. The Bertz CT molecular complexity index is 277. The third kappa shape index (κ3) is 1.43. The Labute approximate surface area is 72.9 Å². The van der Waals surface area contributed by atoms with Crippen LogP contribution in [-0.2, 0) is 0 Å². The summed E-state index contributed by atoms with van der Waals surface area (Å²) in [5.41, 5.74) is -0.0265. The molecule has 0 aliphatic heterocycles. The van der Waals surface area contributed by atoms with E-state index >= 15 is 0 Å². The Morgan fingerprint density at radius 2 is 2.00 bits per heavy atom. The van der Waals surface area contributed by atoms with Crippen molar-refractivity contribution >= 4 is 31.9 Å². The molecule has 0 radical (unpaired) electrons. The minimum absolute atomic E-state index is 0.149. The molecule has 56 valence electrons. The van der Waals surface area contributed by atoms with Crippen LogP contribution in [0.5, 0.6) is 5.88 Å². The third-order valence-electron chi connectivity index (χ3n) is 0.953. The minimum atomic E-state index is -0.420. The number of aromatic hydroxyl groups is 1. The average Bonchev–Trinajstić information content (AvgIpc) is 2.10. The number of halogens is 2. The van der Waals surface area contributed by atoms with Crippen LogP contribution in [0.1, 0.15) is 9.43 Å². The Morgan fingerprint density at radius 1 is 1.40 bits per heavy atom. The zero-order valence-electron chi connectivity index (χ0n) is 4.69. The molecule has 0 aliphatic rings. The molecule has 0 amide bonds. The predicted octanol–water partition coefficient (Wildman–Crippen LogP) is 1.20. The van der Waals surface area contributed by atoms with Crippen LogP contribution in [0.15, 0.2) is 4.79 Å². The van der Waals surface area contributed by atoms with E-state index in [-0.39, 0.29) is 9.62 Å². The van der Waals surface area contributed by atoms with Crippen LogP contribution in [0.4, 0.5) is 0 Å². The smallest absolute Gasteiger partial charge is 0.326 e. The molecule has 0 saturated carbocycles. The minimum Gasteiger partial charge on any atom is -0.493 e. The highest BCUT2D eigenvalue weighted by Crippen LogP contribution is 2.31. The van der Waals surface area contributed by atoms with E-state index in [0.717, 1.165) is 0 Å². The standard InChI is InChI=1S/C4H4Br2N2O2/c5-2(6)1-3(9)8-4(10)7-1/h2,9H,(H2,7,8,10). The van der Waals surface area contributed by atoms with Crippen molar-refractivity contribution in [1.29, 1.82) is 0 Å². The molecule has 0 bridgehead atoms. The van der Waals surface area contributed by atoms with Crippen LogP contribution < -0.4 is 5.69 Å². The van der Waals surface area contributed by atoms with Gasteiger partial charge in [0.25, 0.3) is 0 Å². The number of rotatable bonds is 1. The molecule has 0 aromatic carbocycles. The van der Waals surface area contributed by atoms with Crippen molar-refractivity contribution in [3.63, 3.8) is 0 Å². The molecule has 1 aromatic rings. The fraction of sp³-hybridized carbons (Fsp3) is 0.250. The maximum atomic E-state index is 10.5. The highest BCUT2D eigenvalue weighted by atomic mass is 79.9. The highest BCUT2D eigenvalue weighted by molar-refractivity contribution is 9.24. The topological polar surface area (TPSA) is 68.9 Å². The summed E-state index contributed by atoms with van der Waals surface area (Å²) in [6.07, 6.45) is 0. The normalized spacial score (nSPS) is 10.7. The van der Waals surface area contributed by atoms with Crippen molar-refractivity contribution in [2.24, 2.45) is 0 Å². The molecule has 0 unspecified atom stereocenters. The van der Waals surface area contributed by atoms with Crippen LogP contribution in [0.2, 0.25) is 0 Å². The Morgan fingerprint density at radius 3 is 2.20 bits per heavy atom. The van der Waals surface area contributed by atoms with Crippen LogP contribution in [0.25, 0.3) is 0 Å². The molecular weight excluding hydrogens is 268 g/mol. The fourth-order valence-corrected chi connectivity index (χ4v) is 1.21. The first-order valence-electron chi connectivity index (χ1n) is 2.40. The molecule has 0 spiro atoms. The van der Waals surface area contributed by atoms with Gasteiger partial charge >= 0.3 is 5.69 Å². The summed E-state index contributed by atoms with van der Waals surface area (Å²) >= 11 is 6.23. The predicted molar refractivity (Wildman–Crippen MR) is 43.7 cm³/mol. The summed E-state index contributed by atoms with van der Waals surface area (Å²) in [4.78, 5) is 15.1. The second-order valence-corrected chi connectivity index (χ2v) is 4.70. The van der Waals surface area contributed by atoms with Crippen molar-refractivity contribution in [2.75, 3.05) is 0 Å². The van der Waals surface area contributed by atoms with Gasteiger partial charge in [-0.05, 0) is 0 Å². The number of H-pyrrole nitrogens is 2. The highest BCUT2D eigenvalue weighted by Gasteiger charge is 2.10. The van der Waals surface area contributed by atoms with Crippen molar-refractivity contribution in [3.8, 4) is 5.88 Å². The third-order valence-corrected chi connectivity index (χ3v) is 1.87. The molecule has 10 heavy (non-hydrogen) atoms. The van der Waals surface area contributed by atoms with Gasteiger partial charge in [-0.2, -0.15) is 0 Å². The molecule has 0 aliphatic carbocycles. The Hall–Kier alpha value is -0.230. The molecule has 3 N–H and O–H groups in total. The first kappa shape index (κ1) is 7.87.